The van der Waals surface area contributed by atoms with Gasteiger partial charge in [0.25, 0.3) is 11.6 Å². The number of nitrogens with one attached hydrogen (secondary N) is 1. The standard InChI is InChI=1S/C11H14N2O5/c1-7(17-2)11(14)12-9-5-4-8(13(15)16)6-10(9)18-3/h4-7H,1-3H3,(H,12,14). The molecular formula is C11H14N2O5. The SMILES string of the molecule is COc1cc([N+](=O)[O-])ccc1NC(=O)C(C)OC. The lowest BCUT2D eigenvalue weighted by molar-refractivity contribution is -0.384. The fourth-order valence-corrected chi connectivity index (χ4v) is 1.24. The van der Waals surface area contributed by atoms with Crippen LogP contribution in [0.15, 0.2) is 18.2 Å². The smallest absolute Gasteiger partial charge is 0.273 e. The summed E-state index contributed by atoms with van der Waals surface area (Å²) in [5.74, 6) is -0.134. The van der Waals surface area contributed by atoms with Gasteiger partial charge in [0.2, 0.25) is 0 Å². The molecule has 0 aliphatic rings. The summed E-state index contributed by atoms with van der Waals surface area (Å²) in [4.78, 5) is 21.7. The van der Waals surface area contributed by atoms with Crippen molar-refractivity contribution in [3.8, 4) is 5.75 Å². The molecule has 18 heavy (non-hydrogen) atoms. The zero-order chi connectivity index (χ0) is 13.7. The van der Waals surface area contributed by atoms with E-state index in [0.29, 0.717) is 5.69 Å². The molecule has 0 aliphatic carbocycles. The van der Waals surface area contributed by atoms with Crippen molar-refractivity contribution in [2.45, 2.75) is 13.0 Å². The topological polar surface area (TPSA) is 90.7 Å². The zero-order valence-corrected chi connectivity index (χ0v) is 10.3. The molecule has 1 aromatic rings. The molecule has 7 heteroatoms. The van der Waals surface area contributed by atoms with Gasteiger partial charge < -0.3 is 14.8 Å². The Hall–Kier alpha value is -2.15. The Bertz CT molecular complexity index is 461. The monoisotopic (exact) mass is 254 g/mol. The van der Waals surface area contributed by atoms with Gasteiger partial charge in [-0.2, -0.15) is 0 Å². The number of methoxy groups -OCH3 is 2. The number of nitrogens with zero attached hydrogens (tertiary/aromatic N) is 1. The number of benzene rings is 1. The van der Waals surface area contributed by atoms with Gasteiger partial charge in [0, 0.05) is 13.2 Å². The van der Waals surface area contributed by atoms with Crippen LogP contribution in [0.5, 0.6) is 5.75 Å². The van der Waals surface area contributed by atoms with Crippen molar-refractivity contribution in [2.75, 3.05) is 19.5 Å². The maximum atomic E-state index is 11.6. The Morgan fingerprint density at radius 2 is 2.11 bits per heavy atom. The molecule has 1 amide bonds. The molecular weight excluding hydrogens is 240 g/mol. The van der Waals surface area contributed by atoms with Crippen molar-refractivity contribution in [1.82, 2.24) is 0 Å². The van der Waals surface area contributed by atoms with Crippen LogP contribution in [-0.2, 0) is 9.53 Å². The number of rotatable bonds is 5. The van der Waals surface area contributed by atoms with Crippen molar-refractivity contribution >= 4 is 17.3 Å². The highest BCUT2D eigenvalue weighted by Gasteiger charge is 2.16. The summed E-state index contributed by atoms with van der Waals surface area (Å²) in [6.45, 7) is 1.59. The number of hydrogen-bond acceptors (Lipinski definition) is 5. The third-order valence-corrected chi connectivity index (χ3v) is 2.38. The number of non-ortho nitro benzene ring substituents is 1. The number of carbonyl (C=O) groups excluding carboxylic acids is 1. The van der Waals surface area contributed by atoms with Crippen LogP contribution in [0.25, 0.3) is 0 Å². The lowest BCUT2D eigenvalue weighted by Crippen LogP contribution is -2.26. The largest absolute Gasteiger partial charge is 0.494 e. The van der Waals surface area contributed by atoms with Crippen LogP contribution in [0.3, 0.4) is 0 Å². The second-order valence-electron chi connectivity index (χ2n) is 3.51. The van der Waals surface area contributed by atoms with Crippen LogP contribution in [-0.4, -0.2) is 31.2 Å². The van der Waals surface area contributed by atoms with E-state index in [-0.39, 0.29) is 17.3 Å². The highest BCUT2D eigenvalue weighted by Crippen LogP contribution is 2.29. The minimum atomic E-state index is -0.620. The normalized spacial score (nSPS) is 11.7. The lowest BCUT2D eigenvalue weighted by atomic mass is 10.2. The van der Waals surface area contributed by atoms with Crippen LogP contribution >= 0.6 is 0 Å². The van der Waals surface area contributed by atoms with Gasteiger partial charge in [0.15, 0.2) is 0 Å². The molecule has 1 atom stereocenters. The molecule has 1 unspecified atom stereocenters. The van der Waals surface area contributed by atoms with Gasteiger partial charge >= 0.3 is 0 Å². The van der Waals surface area contributed by atoms with Gasteiger partial charge in [-0.3, -0.25) is 14.9 Å². The van der Waals surface area contributed by atoms with Crippen molar-refractivity contribution in [3.63, 3.8) is 0 Å². The maximum absolute atomic E-state index is 11.6. The van der Waals surface area contributed by atoms with E-state index in [0.717, 1.165) is 0 Å². The molecule has 1 rings (SSSR count). The zero-order valence-electron chi connectivity index (χ0n) is 10.3. The Labute approximate surface area is 104 Å². The summed E-state index contributed by atoms with van der Waals surface area (Å²) in [6.07, 6.45) is -0.620. The molecule has 7 nitrogen and oxygen atoms in total. The van der Waals surface area contributed by atoms with Gasteiger partial charge in [0.05, 0.1) is 23.8 Å². The van der Waals surface area contributed by atoms with Gasteiger partial charge in [-0.15, -0.1) is 0 Å². The van der Waals surface area contributed by atoms with Crippen molar-refractivity contribution in [1.29, 1.82) is 0 Å². The first-order valence-electron chi connectivity index (χ1n) is 5.15. The van der Waals surface area contributed by atoms with Gasteiger partial charge in [0.1, 0.15) is 11.9 Å². The minimum absolute atomic E-state index is 0.107. The van der Waals surface area contributed by atoms with Gasteiger partial charge in [-0.05, 0) is 13.0 Å². The molecule has 0 heterocycles. The molecule has 0 radical (unpaired) electrons. The Morgan fingerprint density at radius 3 is 2.61 bits per heavy atom. The predicted octanol–water partition coefficient (Wildman–Crippen LogP) is 1.58. The molecule has 98 valence electrons. The van der Waals surface area contributed by atoms with E-state index in [4.69, 9.17) is 9.47 Å². The van der Waals surface area contributed by atoms with Crippen molar-refractivity contribution in [3.05, 3.63) is 28.3 Å². The average Bonchev–Trinajstić information content (AvgIpc) is 2.37. The molecule has 0 saturated heterocycles. The number of nitro groups is 1. The number of ether oxygens (including phenoxy) is 2. The molecule has 0 bridgehead atoms. The van der Waals surface area contributed by atoms with Crippen molar-refractivity contribution in [2.24, 2.45) is 0 Å². The maximum Gasteiger partial charge on any atom is 0.273 e. The van der Waals surface area contributed by atoms with Crippen LogP contribution in [0, 0.1) is 10.1 Å². The number of nitro benzene ring substituents is 1. The first kappa shape index (κ1) is 13.9. The highest BCUT2D eigenvalue weighted by atomic mass is 16.6. The van der Waals surface area contributed by atoms with Gasteiger partial charge in [-0.1, -0.05) is 0 Å². The molecule has 1 aromatic carbocycles. The van der Waals surface area contributed by atoms with E-state index in [1.807, 2.05) is 0 Å². The van der Waals surface area contributed by atoms with E-state index in [2.05, 4.69) is 5.32 Å². The fourth-order valence-electron chi connectivity index (χ4n) is 1.24. The van der Waals surface area contributed by atoms with Crippen LogP contribution in [0.1, 0.15) is 6.92 Å². The summed E-state index contributed by atoms with van der Waals surface area (Å²) < 4.78 is 9.85. The Kier molecular flexibility index (Phi) is 4.61. The highest BCUT2D eigenvalue weighted by molar-refractivity contribution is 5.95. The quantitative estimate of drug-likeness (QED) is 0.636. The average molecular weight is 254 g/mol. The molecule has 0 spiro atoms. The summed E-state index contributed by atoms with van der Waals surface area (Å²) in [7, 11) is 2.78. The van der Waals surface area contributed by atoms with Crippen molar-refractivity contribution < 1.29 is 19.2 Å². The Morgan fingerprint density at radius 1 is 1.44 bits per heavy atom. The number of hydrogen-bond donors (Lipinski definition) is 1. The molecule has 0 saturated carbocycles. The molecule has 1 N–H and O–H groups in total. The summed E-state index contributed by atoms with van der Waals surface area (Å²) in [5.41, 5.74) is 0.252. The van der Waals surface area contributed by atoms with E-state index in [9.17, 15) is 14.9 Å². The number of anilines is 1. The number of amides is 1. The van der Waals surface area contributed by atoms with Gasteiger partial charge in [-0.25, -0.2) is 0 Å². The second-order valence-corrected chi connectivity index (χ2v) is 3.51. The first-order chi connectivity index (χ1) is 8.49. The van der Waals surface area contributed by atoms with E-state index in [1.54, 1.807) is 6.92 Å². The molecule has 0 aromatic heterocycles. The minimum Gasteiger partial charge on any atom is -0.494 e. The summed E-state index contributed by atoms with van der Waals surface area (Å²) in [5, 5.41) is 13.2. The molecule has 0 fully saturated rings. The fraction of sp³-hybridized carbons (Fsp3) is 0.364. The summed E-state index contributed by atoms with van der Waals surface area (Å²) in [6, 6.07) is 3.94. The third-order valence-electron chi connectivity index (χ3n) is 2.38. The van der Waals surface area contributed by atoms with Crippen LogP contribution in [0.2, 0.25) is 0 Å². The van der Waals surface area contributed by atoms with Crippen LogP contribution < -0.4 is 10.1 Å². The summed E-state index contributed by atoms with van der Waals surface area (Å²) >= 11 is 0. The van der Waals surface area contributed by atoms with E-state index in [1.165, 1.54) is 32.4 Å². The third kappa shape index (κ3) is 3.17. The van der Waals surface area contributed by atoms with E-state index < -0.39 is 11.0 Å². The molecule has 0 aliphatic heterocycles. The lowest BCUT2D eigenvalue weighted by Gasteiger charge is -2.12. The Balaban J connectivity index is 2.96. The van der Waals surface area contributed by atoms with Crippen LogP contribution in [0.4, 0.5) is 11.4 Å². The number of carbonyl (C=O) groups is 1. The van der Waals surface area contributed by atoms with E-state index >= 15 is 0 Å². The predicted molar refractivity (Wildman–Crippen MR) is 64.7 cm³/mol. The second kappa shape index (κ2) is 5.97. The first-order valence-corrected chi connectivity index (χ1v) is 5.15.